The third-order valence-corrected chi connectivity index (χ3v) is 5.08. The van der Waals surface area contributed by atoms with Crippen LogP contribution in [0, 0.1) is 0 Å². The van der Waals surface area contributed by atoms with Crippen LogP contribution in [-0.2, 0) is 13.5 Å². The van der Waals surface area contributed by atoms with Crippen molar-refractivity contribution in [2.45, 2.75) is 6.42 Å². The molecule has 0 saturated carbocycles. The van der Waals surface area contributed by atoms with Gasteiger partial charge in [0.15, 0.2) is 0 Å². The number of fused-ring (bicyclic) bond motifs is 2. The van der Waals surface area contributed by atoms with Crippen molar-refractivity contribution < 1.29 is 4.74 Å². The van der Waals surface area contributed by atoms with Crippen molar-refractivity contribution in [1.82, 2.24) is 19.5 Å². The van der Waals surface area contributed by atoms with Crippen LogP contribution < -0.4 is 4.74 Å². The molecule has 0 atom stereocenters. The molecule has 0 fully saturated rings. The lowest BCUT2D eigenvalue weighted by Crippen LogP contribution is -1.94. The predicted octanol–water partition coefficient (Wildman–Crippen LogP) is 4.03. The highest BCUT2D eigenvalue weighted by Gasteiger charge is 2.18. The first kappa shape index (κ1) is 15.8. The summed E-state index contributed by atoms with van der Waals surface area (Å²) in [6.07, 6.45) is 8.70. The summed E-state index contributed by atoms with van der Waals surface area (Å²) in [5, 5.41) is 0. The number of aryl methyl sites for hydroxylation is 1. The van der Waals surface area contributed by atoms with E-state index in [-0.39, 0.29) is 0 Å². The molecule has 0 saturated heterocycles. The van der Waals surface area contributed by atoms with Crippen molar-refractivity contribution >= 4 is 16.6 Å². The zero-order valence-electron chi connectivity index (χ0n) is 15.2. The fraction of sp³-hybridized carbons (Fsp3) is 0.136. The van der Waals surface area contributed by atoms with E-state index in [9.17, 15) is 0 Å². The molecular weight excluding hydrogens is 336 g/mol. The second-order valence-electron chi connectivity index (χ2n) is 6.69. The van der Waals surface area contributed by atoms with Gasteiger partial charge in [0.1, 0.15) is 0 Å². The van der Waals surface area contributed by atoms with Crippen LogP contribution in [0.15, 0.2) is 61.2 Å². The first-order valence-corrected chi connectivity index (χ1v) is 8.84. The standard InChI is InChI=1S/C22H18N4O/c1-26-13-25-20-6-3-14(10-21(20)26)17-5-7-19-18(17)9-16(12-23-19)15-4-8-22(27-2)24-11-15/h3-6,8-13H,7H2,1-2H3. The molecule has 0 spiro atoms. The molecule has 3 heterocycles. The zero-order valence-corrected chi connectivity index (χ0v) is 15.2. The molecule has 0 bridgehead atoms. The van der Waals surface area contributed by atoms with Crippen LogP contribution in [0.25, 0.3) is 27.7 Å². The third kappa shape index (κ3) is 2.59. The van der Waals surface area contributed by atoms with Crippen LogP contribution in [0.3, 0.4) is 0 Å². The van der Waals surface area contributed by atoms with Crippen molar-refractivity contribution in [3.63, 3.8) is 0 Å². The SMILES string of the molecule is COc1ccc(-c2cnc3c(c2)C(c2ccc4ncn(C)c4c2)=CC3)cn1. The van der Waals surface area contributed by atoms with E-state index in [0.29, 0.717) is 5.88 Å². The Labute approximate surface area is 157 Å². The van der Waals surface area contributed by atoms with Crippen LogP contribution >= 0.6 is 0 Å². The number of aromatic nitrogens is 4. The molecule has 5 heteroatoms. The van der Waals surface area contributed by atoms with Crippen LogP contribution in [0.4, 0.5) is 0 Å². The minimum atomic E-state index is 0.609. The number of methoxy groups -OCH3 is 1. The molecule has 4 aromatic rings. The summed E-state index contributed by atoms with van der Waals surface area (Å²) in [7, 11) is 3.64. The Hall–Kier alpha value is -3.47. The van der Waals surface area contributed by atoms with Gasteiger partial charge in [-0.15, -0.1) is 0 Å². The number of imidazole rings is 1. The lowest BCUT2D eigenvalue weighted by atomic mass is 9.98. The largest absolute Gasteiger partial charge is 0.481 e. The van der Waals surface area contributed by atoms with Gasteiger partial charge >= 0.3 is 0 Å². The Kier molecular flexibility index (Phi) is 3.53. The molecule has 3 aromatic heterocycles. The van der Waals surface area contributed by atoms with E-state index in [1.165, 1.54) is 16.7 Å². The summed E-state index contributed by atoms with van der Waals surface area (Å²) in [4.78, 5) is 13.4. The molecule has 0 N–H and O–H groups in total. The Morgan fingerprint density at radius 2 is 1.78 bits per heavy atom. The Morgan fingerprint density at radius 3 is 2.59 bits per heavy atom. The van der Waals surface area contributed by atoms with Crippen molar-refractivity contribution in [1.29, 1.82) is 0 Å². The molecule has 1 aliphatic rings. The van der Waals surface area contributed by atoms with Gasteiger partial charge in [0.2, 0.25) is 5.88 Å². The quantitative estimate of drug-likeness (QED) is 0.557. The maximum Gasteiger partial charge on any atom is 0.212 e. The van der Waals surface area contributed by atoms with Crippen LogP contribution in [0.5, 0.6) is 5.88 Å². The monoisotopic (exact) mass is 354 g/mol. The molecule has 132 valence electrons. The third-order valence-electron chi connectivity index (χ3n) is 5.08. The van der Waals surface area contributed by atoms with Gasteiger partial charge in [0.25, 0.3) is 0 Å². The highest BCUT2D eigenvalue weighted by atomic mass is 16.5. The highest BCUT2D eigenvalue weighted by molar-refractivity contribution is 5.89. The molecule has 0 amide bonds. The van der Waals surface area contributed by atoms with Gasteiger partial charge in [-0.3, -0.25) is 4.98 Å². The number of nitrogens with zero attached hydrogens (tertiary/aromatic N) is 4. The van der Waals surface area contributed by atoms with Crippen LogP contribution in [0.1, 0.15) is 16.8 Å². The average Bonchev–Trinajstić information content (AvgIpc) is 3.31. The summed E-state index contributed by atoms with van der Waals surface area (Å²) in [5.41, 5.74) is 8.94. The maximum absolute atomic E-state index is 5.15. The lowest BCUT2D eigenvalue weighted by Gasteiger charge is -2.09. The molecular formula is C22H18N4O. The van der Waals surface area contributed by atoms with E-state index in [2.05, 4.69) is 40.3 Å². The van der Waals surface area contributed by atoms with E-state index >= 15 is 0 Å². The van der Waals surface area contributed by atoms with Gasteiger partial charge in [0, 0.05) is 48.6 Å². The van der Waals surface area contributed by atoms with Gasteiger partial charge < -0.3 is 9.30 Å². The normalized spacial score (nSPS) is 12.9. The molecule has 1 aromatic carbocycles. The number of allylic oxidation sites excluding steroid dienone is 1. The van der Waals surface area contributed by atoms with E-state index in [1.54, 1.807) is 7.11 Å². The summed E-state index contributed by atoms with van der Waals surface area (Å²) in [5.74, 6) is 0.609. The first-order chi connectivity index (χ1) is 13.2. The van der Waals surface area contributed by atoms with Gasteiger partial charge in [-0.1, -0.05) is 12.1 Å². The van der Waals surface area contributed by atoms with Crippen molar-refractivity contribution in [2.75, 3.05) is 7.11 Å². The van der Waals surface area contributed by atoms with E-state index in [1.807, 2.05) is 42.5 Å². The zero-order chi connectivity index (χ0) is 18.4. The number of rotatable bonds is 3. The average molecular weight is 354 g/mol. The summed E-state index contributed by atoms with van der Waals surface area (Å²) < 4.78 is 7.20. The minimum Gasteiger partial charge on any atom is -0.481 e. The highest BCUT2D eigenvalue weighted by Crippen LogP contribution is 2.35. The van der Waals surface area contributed by atoms with E-state index in [0.717, 1.165) is 34.3 Å². The number of ether oxygens (including phenoxy) is 1. The molecule has 0 aliphatic heterocycles. The number of pyridine rings is 2. The minimum absolute atomic E-state index is 0.609. The van der Waals surface area contributed by atoms with Crippen LogP contribution in [0.2, 0.25) is 0 Å². The smallest absolute Gasteiger partial charge is 0.212 e. The van der Waals surface area contributed by atoms with E-state index in [4.69, 9.17) is 9.72 Å². The van der Waals surface area contributed by atoms with Gasteiger partial charge in [-0.05, 0) is 35.4 Å². The van der Waals surface area contributed by atoms with E-state index < -0.39 is 0 Å². The first-order valence-electron chi connectivity index (χ1n) is 8.84. The molecule has 0 unspecified atom stereocenters. The number of hydrogen-bond acceptors (Lipinski definition) is 4. The van der Waals surface area contributed by atoms with Gasteiger partial charge in [-0.2, -0.15) is 0 Å². The van der Waals surface area contributed by atoms with Crippen molar-refractivity contribution in [3.8, 4) is 17.0 Å². The Balaban J connectivity index is 1.57. The number of benzene rings is 1. The van der Waals surface area contributed by atoms with Crippen LogP contribution in [-0.4, -0.2) is 26.6 Å². The fourth-order valence-electron chi connectivity index (χ4n) is 3.59. The van der Waals surface area contributed by atoms with Crippen molar-refractivity contribution in [2.24, 2.45) is 7.05 Å². The summed E-state index contributed by atoms with van der Waals surface area (Å²) >= 11 is 0. The molecule has 5 nitrogen and oxygen atoms in total. The lowest BCUT2D eigenvalue weighted by molar-refractivity contribution is 0.398. The second kappa shape index (κ2) is 6.06. The maximum atomic E-state index is 5.15. The molecule has 27 heavy (non-hydrogen) atoms. The number of hydrogen-bond donors (Lipinski definition) is 0. The van der Waals surface area contributed by atoms with Crippen molar-refractivity contribution in [3.05, 3.63) is 78.0 Å². The Bertz CT molecular complexity index is 1190. The summed E-state index contributed by atoms with van der Waals surface area (Å²) in [6.45, 7) is 0. The molecule has 0 radical (unpaired) electrons. The predicted molar refractivity (Wildman–Crippen MR) is 106 cm³/mol. The van der Waals surface area contributed by atoms with Gasteiger partial charge in [0.05, 0.1) is 30.2 Å². The fourth-order valence-corrected chi connectivity index (χ4v) is 3.59. The summed E-state index contributed by atoms with van der Waals surface area (Å²) in [6, 6.07) is 12.5. The Morgan fingerprint density at radius 1 is 0.926 bits per heavy atom. The van der Waals surface area contributed by atoms with Gasteiger partial charge in [-0.25, -0.2) is 9.97 Å². The topological polar surface area (TPSA) is 52.8 Å². The molecule has 5 rings (SSSR count). The molecule has 1 aliphatic carbocycles. The second-order valence-corrected chi connectivity index (χ2v) is 6.69.